The molecule has 1 unspecified atom stereocenters. The molecule has 0 heterocycles. The van der Waals surface area contributed by atoms with E-state index in [0.29, 0.717) is 12.1 Å². The van der Waals surface area contributed by atoms with E-state index >= 15 is 0 Å². The molecule has 0 amide bonds. The number of hydrogen-bond donors (Lipinski definition) is 0. The highest BCUT2D eigenvalue weighted by molar-refractivity contribution is 7.88. The standard InChI is InChI=1S/C23H17Cl2F3N2O8S/c1-13(38-39(34,35)29(2)16-5-3-4-15(24)11-16)36-22(31)18-12-17(7-8-20(18)30(32)33)37-21-9-6-14(10-19(21)25)23(26,27)28/h3-13H,1-2H3. The number of nitro benzene ring substituents is 1. The minimum absolute atomic E-state index is 0.142. The molecule has 0 aromatic heterocycles. The van der Waals surface area contributed by atoms with Gasteiger partial charge in [-0.25, -0.2) is 8.98 Å². The molecule has 208 valence electrons. The van der Waals surface area contributed by atoms with Crippen LogP contribution in [0.5, 0.6) is 11.5 Å². The van der Waals surface area contributed by atoms with Crippen LogP contribution in [0, 0.1) is 10.1 Å². The second-order valence-corrected chi connectivity index (χ2v) is 10.1. The second kappa shape index (κ2) is 11.7. The third-order valence-corrected chi connectivity index (χ3v) is 6.84. The zero-order chi connectivity index (χ0) is 29.1. The molecule has 0 aliphatic heterocycles. The van der Waals surface area contributed by atoms with Crippen molar-refractivity contribution in [3.8, 4) is 11.5 Å². The van der Waals surface area contributed by atoms with Crippen LogP contribution in [0.2, 0.25) is 10.0 Å². The van der Waals surface area contributed by atoms with Crippen molar-refractivity contribution < 1.29 is 45.0 Å². The third-order valence-electron chi connectivity index (χ3n) is 4.91. The van der Waals surface area contributed by atoms with Gasteiger partial charge >= 0.3 is 22.4 Å². The molecule has 0 spiro atoms. The lowest BCUT2D eigenvalue weighted by Gasteiger charge is -2.21. The van der Waals surface area contributed by atoms with Gasteiger partial charge in [-0.1, -0.05) is 29.3 Å². The number of esters is 1. The zero-order valence-electron chi connectivity index (χ0n) is 19.8. The maximum Gasteiger partial charge on any atom is 0.416 e. The van der Waals surface area contributed by atoms with Gasteiger partial charge in [0.2, 0.25) is 6.29 Å². The highest BCUT2D eigenvalue weighted by Gasteiger charge is 2.32. The van der Waals surface area contributed by atoms with Crippen LogP contribution in [0.15, 0.2) is 60.7 Å². The van der Waals surface area contributed by atoms with Gasteiger partial charge in [0.05, 0.1) is 21.2 Å². The van der Waals surface area contributed by atoms with Crippen LogP contribution in [0.3, 0.4) is 0 Å². The van der Waals surface area contributed by atoms with E-state index in [1.165, 1.54) is 24.3 Å². The first-order valence-corrected chi connectivity index (χ1v) is 12.7. The van der Waals surface area contributed by atoms with Crippen molar-refractivity contribution in [2.24, 2.45) is 0 Å². The maximum atomic E-state index is 12.9. The average molecular weight is 609 g/mol. The Bertz CT molecular complexity index is 1520. The molecule has 0 N–H and O–H groups in total. The molecule has 0 bridgehead atoms. The molecule has 16 heteroatoms. The molecule has 0 aliphatic carbocycles. The molecule has 0 radical (unpaired) electrons. The lowest BCUT2D eigenvalue weighted by molar-refractivity contribution is -0.385. The number of carbonyl (C=O) groups is 1. The number of anilines is 1. The van der Waals surface area contributed by atoms with E-state index in [-0.39, 0.29) is 22.2 Å². The van der Waals surface area contributed by atoms with Crippen LogP contribution < -0.4 is 9.04 Å². The SMILES string of the molecule is CC(OC(=O)c1cc(Oc2ccc(C(F)(F)F)cc2Cl)ccc1[N+](=O)[O-])OS(=O)(=O)N(C)c1cccc(Cl)c1. The van der Waals surface area contributed by atoms with Gasteiger partial charge in [-0.15, -0.1) is 0 Å². The number of nitro groups is 1. The van der Waals surface area contributed by atoms with Crippen LogP contribution in [0.25, 0.3) is 0 Å². The van der Waals surface area contributed by atoms with Crippen molar-refractivity contribution in [3.05, 3.63) is 92.0 Å². The summed E-state index contributed by atoms with van der Waals surface area (Å²) in [6, 6.07) is 10.9. The van der Waals surface area contributed by atoms with Crippen molar-refractivity contribution in [2.75, 3.05) is 11.4 Å². The fraction of sp³-hybridized carbons (Fsp3) is 0.174. The fourth-order valence-electron chi connectivity index (χ4n) is 3.06. The number of rotatable bonds is 9. The molecule has 39 heavy (non-hydrogen) atoms. The summed E-state index contributed by atoms with van der Waals surface area (Å²) in [5.41, 5.74) is -2.27. The van der Waals surface area contributed by atoms with E-state index in [2.05, 4.69) is 0 Å². The Labute approximate surface area is 229 Å². The molecule has 0 fully saturated rings. The molecule has 1 atom stereocenters. The number of hydrogen-bond acceptors (Lipinski definition) is 8. The van der Waals surface area contributed by atoms with Crippen molar-refractivity contribution in [1.29, 1.82) is 0 Å². The molecule has 3 rings (SSSR count). The molecular weight excluding hydrogens is 592 g/mol. The monoisotopic (exact) mass is 608 g/mol. The van der Waals surface area contributed by atoms with E-state index in [1.807, 2.05) is 0 Å². The van der Waals surface area contributed by atoms with Gasteiger partial charge in [-0.05, 0) is 49.4 Å². The molecule has 0 aliphatic rings. The van der Waals surface area contributed by atoms with Crippen LogP contribution in [-0.2, 0) is 25.4 Å². The smallest absolute Gasteiger partial charge is 0.416 e. The van der Waals surface area contributed by atoms with Gasteiger partial charge in [-0.2, -0.15) is 21.6 Å². The fourth-order valence-corrected chi connectivity index (χ4v) is 4.35. The topological polar surface area (TPSA) is 125 Å². The van der Waals surface area contributed by atoms with E-state index in [1.54, 1.807) is 0 Å². The highest BCUT2D eigenvalue weighted by atomic mass is 35.5. The molecular formula is C23H17Cl2F3N2O8S. The largest absolute Gasteiger partial charge is 0.456 e. The second-order valence-electron chi connectivity index (χ2n) is 7.66. The number of ether oxygens (including phenoxy) is 2. The van der Waals surface area contributed by atoms with Gasteiger partial charge in [0.1, 0.15) is 17.1 Å². The summed E-state index contributed by atoms with van der Waals surface area (Å²) in [6.45, 7) is 1.06. The minimum Gasteiger partial charge on any atom is -0.456 e. The lowest BCUT2D eigenvalue weighted by Crippen LogP contribution is -2.33. The minimum atomic E-state index is -4.65. The van der Waals surface area contributed by atoms with E-state index in [4.69, 9.17) is 36.9 Å². The first kappa shape index (κ1) is 30.0. The Hall–Kier alpha value is -3.59. The number of nitrogens with zero attached hydrogens (tertiary/aromatic N) is 2. The van der Waals surface area contributed by atoms with Crippen molar-refractivity contribution in [3.63, 3.8) is 0 Å². The average Bonchev–Trinajstić information content (AvgIpc) is 2.83. The number of alkyl halides is 3. The third kappa shape index (κ3) is 7.50. The molecule has 0 saturated carbocycles. The first-order chi connectivity index (χ1) is 18.1. The Morgan fingerprint density at radius 1 is 1.08 bits per heavy atom. The van der Waals surface area contributed by atoms with Gasteiger partial charge in [-0.3, -0.25) is 14.4 Å². The van der Waals surface area contributed by atoms with Crippen molar-refractivity contribution in [1.82, 2.24) is 0 Å². The Morgan fingerprint density at radius 2 is 1.77 bits per heavy atom. The van der Waals surface area contributed by atoms with E-state index in [0.717, 1.165) is 42.5 Å². The summed E-state index contributed by atoms with van der Waals surface area (Å²) in [5, 5.41) is 11.3. The normalized spacial score (nSPS) is 12.5. The molecule has 10 nitrogen and oxygen atoms in total. The summed E-state index contributed by atoms with van der Waals surface area (Å²) in [5.74, 6) is -1.79. The van der Waals surface area contributed by atoms with Gasteiger partial charge in [0.15, 0.2) is 0 Å². The summed E-state index contributed by atoms with van der Waals surface area (Å²) < 4.78 is 79.7. The number of carbonyl (C=O) groups excluding carboxylic acids is 1. The summed E-state index contributed by atoms with van der Waals surface area (Å²) in [7, 11) is -3.35. The predicted octanol–water partition coefficient (Wildman–Crippen LogP) is 6.61. The summed E-state index contributed by atoms with van der Waals surface area (Å²) in [6.07, 6.45) is -6.39. The lowest BCUT2D eigenvalue weighted by atomic mass is 10.1. The van der Waals surface area contributed by atoms with Crippen LogP contribution in [-0.4, -0.2) is 32.6 Å². The Kier molecular flexibility index (Phi) is 8.95. The summed E-state index contributed by atoms with van der Waals surface area (Å²) in [4.78, 5) is 23.3. The van der Waals surface area contributed by atoms with Gasteiger partial charge in [0, 0.05) is 24.2 Å². The van der Waals surface area contributed by atoms with Crippen LogP contribution in [0.1, 0.15) is 22.8 Å². The van der Waals surface area contributed by atoms with Crippen molar-refractivity contribution in [2.45, 2.75) is 19.4 Å². The Morgan fingerprint density at radius 3 is 2.36 bits per heavy atom. The molecule has 3 aromatic carbocycles. The predicted molar refractivity (Wildman–Crippen MR) is 134 cm³/mol. The van der Waals surface area contributed by atoms with Crippen LogP contribution >= 0.6 is 23.2 Å². The zero-order valence-corrected chi connectivity index (χ0v) is 22.1. The maximum absolute atomic E-state index is 12.9. The molecule has 0 saturated heterocycles. The van der Waals surface area contributed by atoms with E-state index in [9.17, 15) is 36.5 Å². The first-order valence-electron chi connectivity index (χ1n) is 10.5. The molecule has 3 aromatic rings. The van der Waals surface area contributed by atoms with Gasteiger partial charge < -0.3 is 9.47 Å². The Balaban J connectivity index is 1.80. The number of benzene rings is 3. The number of halogens is 5. The van der Waals surface area contributed by atoms with Crippen molar-refractivity contribution >= 4 is 50.9 Å². The highest BCUT2D eigenvalue weighted by Crippen LogP contribution is 2.37. The quantitative estimate of drug-likeness (QED) is 0.115. The van der Waals surface area contributed by atoms with E-state index < -0.39 is 55.5 Å². The van der Waals surface area contributed by atoms with Crippen LogP contribution in [0.4, 0.5) is 24.5 Å². The van der Waals surface area contributed by atoms with Gasteiger partial charge in [0.25, 0.3) is 5.69 Å². The summed E-state index contributed by atoms with van der Waals surface area (Å²) >= 11 is 11.7.